The number of nitrogens with zero attached hydrogens (tertiary/aromatic N) is 2. The van der Waals surface area contributed by atoms with Gasteiger partial charge in [-0.25, -0.2) is 0 Å². The van der Waals surface area contributed by atoms with E-state index in [-0.39, 0.29) is 0 Å². The van der Waals surface area contributed by atoms with E-state index >= 15 is 0 Å². The van der Waals surface area contributed by atoms with Crippen LogP contribution in [0, 0.1) is 5.92 Å². The second-order valence-corrected chi connectivity index (χ2v) is 6.11. The zero-order chi connectivity index (χ0) is 12.4. The molecule has 1 saturated carbocycles. The molecule has 0 saturated heterocycles. The Kier molecular flexibility index (Phi) is 3.48. The summed E-state index contributed by atoms with van der Waals surface area (Å²) in [6.45, 7) is 3.17. The molecule has 2 aromatic rings. The Balaban J connectivity index is 1.62. The summed E-state index contributed by atoms with van der Waals surface area (Å²) in [6, 6.07) is 7.36. The molecule has 0 aromatic carbocycles. The monoisotopic (exact) mass is 261 g/mol. The lowest BCUT2D eigenvalue weighted by Gasteiger charge is -2.22. The molecule has 96 valence electrons. The van der Waals surface area contributed by atoms with Gasteiger partial charge in [-0.05, 0) is 43.2 Å². The SMILES string of the molecule is CC(Cn1cccn1)NC(c1cccs1)C1CC1. The van der Waals surface area contributed by atoms with Crippen LogP contribution in [-0.4, -0.2) is 15.8 Å². The van der Waals surface area contributed by atoms with E-state index < -0.39 is 0 Å². The Morgan fingerprint density at radius 1 is 1.50 bits per heavy atom. The van der Waals surface area contributed by atoms with E-state index in [4.69, 9.17) is 0 Å². The van der Waals surface area contributed by atoms with E-state index in [0.717, 1.165) is 12.5 Å². The van der Waals surface area contributed by atoms with Crippen molar-refractivity contribution in [3.8, 4) is 0 Å². The fourth-order valence-corrected chi connectivity index (χ4v) is 3.28. The topological polar surface area (TPSA) is 29.9 Å². The standard InChI is InChI=1S/C14H19N3S/c1-11(10-17-8-3-7-15-17)16-14(12-5-6-12)13-4-2-9-18-13/h2-4,7-9,11-12,14,16H,5-6,10H2,1H3. The molecule has 1 aliphatic carbocycles. The highest BCUT2D eigenvalue weighted by Gasteiger charge is 2.33. The van der Waals surface area contributed by atoms with Gasteiger partial charge in [0.2, 0.25) is 0 Å². The summed E-state index contributed by atoms with van der Waals surface area (Å²) in [5, 5.41) is 10.2. The third-order valence-corrected chi connectivity index (χ3v) is 4.38. The molecule has 0 amide bonds. The van der Waals surface area contributed by atoms with Gasteiger partial charge in [0.25, 0.3) is 0 Å². The molecule has 2 unspecified atom stereocenters. The quantitative estimate of drug-likeness (QED) is 0.866. The van der Waals surface area contributed by atoms with Crippen LogP contribution in [0.4, 0.5) is 0 Å². The molecule has 0 bridgehead atoms. The Morgan fingerprint density at radius 3 is 3.00 bits per heavy atom. The minimum Gasteiger partial charge on any atom is -0.305 e. The number of rotatable bonds is 6. The van der Waals surface area contributed by atoms with E-state index in [1.165, 1.54) is 17.7 Å². The highest BCUT2D eigenvalue weighted by molar-refractivity contribution is 7.10. The van der Waals surface area contributed by atoms with Crippen molar-refractivity contribution in [2.75, 3.05) is 0 Å². The van der Waals surface area contributed by atoms with E-state index in [1.807, 2.05) is 34.5 Å². The third kappa shape index (κ3) is 2.82. The summed E-state index contributed by atoms with van der Waals surface area (Å²) in [5.74, 6) is 0.837. The molecule has 2 aromatic heterocycles. The van der Waals surface area contributed by atoms with Crippen molar-refractivity contribution in [2.45, 2.75) is 38.4 Å². The fourth-order valence-electron chi connectivity index (χ4n) is 2.40. The lowest BCUT2D eigenvalue weighted by molar-refractivity contribution is 0.379. The molecule has 2 atom stereocenters. The van der Waals surface area contributed by atoms with Crippen molar-refractivity contribution in [1.29, 1.82) is 0 Å². The molecule has 0 radical (unpaired) electrons. The molecule has 4 heteroatoms. The van der Waals surface area contributed by atoms with E-state index in [2.05, 4.69) is 34.9 Å². The molecule has 3 rings (SSSR count). The van der Waals surface area contributed by atoms with Gasteiger partial charge < -0.3 is 5.32 Å². The molecular formula is C14H19N3S. The number of nitrogens with one attached hydrogen (secondary N) is 1. The average molecular weight is 261 g/mol. The first-order chi connectivity index (χ1) is 8.83. The lowest BCUT2D eigenvalue weighted by Crippen LogP contribution is -2.34. The van der Waals surface area contributed by atoms with Gasteiger partial charge in [-0.1, -0.05) is 6.07 Å². The van der Waals surface area contributed by atoms with Gasteiger partial charge >= 0.3 is 0 Å². The predicted molar refractivity (Wildman–Crippen MR) is 74.6 cm³/mol. The van der Waals surface area contributed by atoms with Gasteiger partial charge in [0.1, 0.15) is 0 Å². The van der Waals surface area contributed by atoms with Crippen molar-refractivity contribution in [2.24, 2.45) is 5.92 Å². The summed E-state index contributed by atoms with van der Waals surface area (Å²) in [4.78, 5) is 1.48. The highest BCUT2D eigenvalue weighted by Crippen LogP contribution is 2.42. The van der Waals surface area contributed by atoms with Crippen LogP contribution in [0.25, 0.3) is 0 Å². The first-order valence-electron chi connectivity index (χ1n) is 6.60. The zero-order valence-corrected chi connectivity index (χ0v) is 11.4. The van der Waals surface area contributed by atoms with Crippen LogP contribution < -0.4 is 5.32 Å². The van der Waals surface area contributed by atoms with Gasteiger partial charge in [0.05, 0.1) is 6.54 Å². The fraction of sp³-hybridized carbons (Fsp3) is 0.500. The van der Waals surface area contributed by atoms with Gasteiger partial charge in [0.15, 0.2) is 0 Å². The molecule has 1 N–H and O–H groups in total. The molecule has 0 spiro atoms. The molecule has 1 fully saturated rings. The zero-order valence-electron chi connectivity index (χ0n) is 10.6. The summed E-state index contributed by atoms with van der Waals surface area (Å²) in [5.41, 5.74) is 0. The first kappa shape index (κ1) is 11.9. The smallest absolute Gasteiger partial charge is 0.0560 e. The average Bonchev–Trinajstić information content (AvgIpc) is 2.85. The number of aromatic nitrogens is 2. The maximum absolute atomic E-state index is 4.27. The van der Waals surface area contributed by atoms with Gasteiger partial charge in [-0.3, -0.25) is 4.68 Å². The van der Waals surface area contributed by atoms with E-state index in [0.29, 0.717) is 12.1 Å². The van der Waals surface area contributed by atoms with Gasteiger partial charge in [0, 0.05) is 29.4 Å². The Bertz CT molecular complexity index is 459. The minimum atomic E-state index is 0.442. The second-order valence-electron chi connectivity index (χ2n) is 5.13. The number of hydrogen-bond donors (Lipinski definition) is 1. The van der Waals surface area contributed by atoms with Crippen LogP contribution in [0.15, 0.2) is 36.0 Å². The van der Waals surface area contributed by atoms with E-state index in [1.54, 1.807) is 0 Å². The van der Waals surface area contributed by atoms with Crippen molar-refractivity contribution in [3.05, 3.63) is 40.8 Å². The van der Waals surface area contributed by atoms with Crippen molar-refractivity contribution < 1.29 is 0 Å². The van der Waals surface area contributed by atoms with Crippen LogP contribution in [0.5, 0.6) is 0 Å². The summed E-state index contributed by atoms with van der Waals surface area (Å²) >= 11 is 1.86. The first-order valence-corrected chi connectivity index (χ1v) is 7.48. The normalized spacial score (nSPS) is 18.7. The van der Waals surface area contributed by atoms with Crippen LogP contribution in [0.2, 0.25) is 0 Å². The van der Waals surface area contributed by atoms with E-state index in [9.17, 15) is 0 Å². The summed E-state index contributed by atoms with van der Waals surface area (Å²) < 4.78 is 2.00. The molecule has 1 aliphatic rings. The maximum atomic E-state index is 4.27. The molecule has 18 heavy (non-hydrogen) atoms. The molecular weight excluding hydrogens is 242 g/mol. The molecule has 0 aliphatic heterocycles. The number of hydrogen-bond acceptors (Lipinski definition) is 3. The molecule has 3 nitrogen and oxygen atoms in total. The van der Waals surface area contributed by atoms with Gasteiger partial charge in [-0.2, -0.15) is 5.10 Å². The van der Waals surface area contributed by atoms with Crippen LogP contribution in [0.3, 0.4) is 0 Å². The second kappa shape index (κ2) is 5.24. The van der Waals surface area contributed by atoms with Crippen LogP contribution in [0.1, 0.15) is 30.7 Å². The minimum absolute atomic E-state index is 0.442. The Morgan fingerprint density at radius 2 is 2.39 bits per heavy atom. The predicted octanol–water partition coefficient (Wildman–Crippen LogP) is 3.07. The van der Waals surface area contributed by atoms with Crippen molar-refractivity contribution >= 4 is 11.3 Å². The number of thiophene rings is 1. The maximum Gasteiger partial charge on any atom is 0.0560 e. The molecule has 2 heterocycles. The largest absolute Gasteiger partial charge is 0.305 e. The van der Waals surface area contributed by atoms with Crippen LogP contribution in [-0.2, 0) is 6.54 Å². The summed E-state index contributed by atoms with van der Waals surface area (Å²) in [6.07, 6.45) is 6.59. The summed E-state index contributed by atoms with van der Waals surface area (Å²) in [7, 11) is 0. The Labute approximate surface area is 112 Å². The van der Waals surface area contributed by atoms with Crippen molar-refractivity contribution in [3.63, 3.8) is 0 Å². The Hall–Kier alpha value is -1.13. The van der Waals surface area contributed by atoms with Crippen molar-refractivity contribution in [1.82, 2.24) is 15.1 Å². The third-order valence-electron chi connectivity index (χ3n) is 3.43. The lowest BCUT2D eigenvalue weighted by atomic mass is 10.1. The van der Waals surface area contributed by atoms with Crippen LogP contribution >= 0.6 is 11.3 Å². The van der Waals surface area contributed by atoms with Gasteiger partial charge in [-0.15, -0.1) is 11.3 Å². The highest BCUT2D eigenvalue weighted by atomic mass is 32.1.